The second-order valence-electron chi connectivity index (χ2n) is 3.58. The van der Waals surface area contributed by atoms with Gasteiger partial charge in [0, 0.05) is 24.3 Å². The first-order chi connectivity index (χ1) is 8.13. The van der Waals surface area contributed by atoms with Crippen molar-refractivity contribution < 1.29 is 4.79 Å². The molecule has 0 bridgehead atoms. The smallest absolute Gasteiger partial charge is 0.221 e. The molecule has 0 aromatic heterocycles. The normalized spacial score (nSPS) is 9.94. The molecule has 0 radical (unpaired) electrons. The summed E-state index contributed by atoms with van der Waals surface area (Å²) < 4.78 is 0. The first kappa shape index (κ1) is 14.0. The third-order valence-electron chi connectivity index (χ3n) is 2.23. The van der Waals surface area contributed by atoms with Gasteiger partial charge in [-0.05, 0) is 17.9 Å². The maximum Gasteiger partial charge on any atom is 0.221 e. The van der Waals surface area contributed by atoms with Crippen molar-refractivity contribution in [3.63, 3.8) is 0 Å². The highest BCUT2D eigenvalue weighted by Crippen LogP contribution is 2.05. The van der Waals surface area contributed by atoms with Crippen LogP contribution in [0.1, 0.15) is 17.5 Å². The number of hydrogen-bond acceptors (Lipinski definition) is 3. The van der Waals surface area contributed by atoms with E-state index >= 15 is 0 Å². The number of thioether (sulfide) groups is 1. The standard InChI is InChI=1S/C12H16N2OS2/c1-17-6-5-11(15)14-8-9-3-2-4-10(7-9)12(13)16/h2-4,7H,5-6,8H2,1H3,(H2,13,16)(H,14,15). The van der Waals surface area contributed by atoms with Crippen LogP contribution in [0.2, 0.25) is 0 Å². The summed E-state index contributed by atoms with van der Waals surface area (Å²) in [6, 6.07) is 7.59. The van der Waals surface area contributed by atoms with E-state index in [0.29, 0.717) is 18.0 Å². The van der Waals surface area contributed by atoms with Gasteiger partial charge in [-0.25, -0.2) is 0 Å². The lowest BCUT2D eigenvalue weighted by Crippen LogP contribution is -2.23. The van der Waals surface area contributed by atoms with Gasteiger partial charge in [0.1, 0.15) is 4.99 Å². The Kier molecular flexibility index (Phi) is 6.00. The van der Waals surface area contributed by atoms with Gasteiger partial charge in [0.25, 0.3) is 0 Å². The summed E-state index contributed by atoms with van der Waals surface area (Å²) in [5.41, 5.74) is 7.38. The zero-order valence-corrected chi connectivity index (χ0v) is 11.4. The van der Waals surface area contributed by atoms with E-state index < -0.39 is 0 Å². The van der Waals surface area contributed by atoms with Crippen LogP contribution in [0, 0.1) is 0 Å². The number of nitrogens with one attached hydrogen (secondary N) is 1. The molecule has 3 N–H and O–H groups in total. The van der Waals surface area contributed by atoms with Crippen molar-refractivity contribution >= 4 is 34.9 Å². The van der Waals surface area contributed by atoms with Gasteiger partial charge in [0.05, 0.1) is 0 Å². The molecule has 1 aromatic rings. The molecule has 0 saturated carbocycles. The number of rotatable bonds is 6. The highest BCUT2D eigenvalue weighted by molar-refractivity contribution is 7.98. The van der Waals surface area contributed by atoms with Crippen LogP contribution in [0.25, 0.3) is 0 Å². The van der Waals surface area contributed by atoms with Crippen LogP contribution >= 0.6 is 24.0 Å². The topological polar surface area (TPSA) is 55.1 Å². The molecule has 0 unspecified atom stereocenters. The van der Waals surface area contributed by atoms with Crippen LogP contribution in [0.4, 0.5) is 0 Å². The first-order valence-electron chi connectivity index (χ1n) is 5.28. The van der Waals surface area contributed by atoms with E-state index in [1.165, 1.54) is 0 Å². The van der Waals surface area contributed by atoms with Gasteiger partial charge in [0.2, 0.25) is 5.91 Å². The molecule has 0 aliphatic carbocycles. The van der Waals surface area contributed by atoms with Crippen LogP contribution in [0.5, 0.6) is 0 Å². The van der Waals surface area contributed by atoms with E-state index in [1.54, 1.807) is 11.8 Å². The molecular weight excluding hydrogens is 252 g/mol. The molecule has 1 aromatic carbocycles. The van der Waals surface area contributed by atoms with Crippen LogP contribution in [0.15, 0.2) is 24.3 Å². The minimum absolute atomic E-state index is 0.0695. The van der Waals surface area contributed by atoms with E-state index in [-0.39, 0.29) is 5.91 Å². The molecule has 92 valence electrons. The van der Waals surface area contributed by atoms with Crippen molar-refractivity contribution in [2.24, 2.45) is 5.73 Å². The summed E-state index contributed by atoms with van der Waals surface area (Å²) in [6.45, 7) is 0.518. The third kappa shape index (κ3) is 5.19. The minimum atomic E-state index is 0.0695. The van der Waals surface area contributed by atoms with Crippen LogP contribution in [0.3, 0.4) is 0 Å². The van der Waals surface area contributed by atoms with Gasteiger partial charge in [0.15, 0.2) is 0 Å². The molecular formula is C12H16N2OS2. The predicted octanol–water partition coefficient (Wildman–Crippen LogP) is 1.69. The first-order valence-corrected chi connectivity index (χ1v) is 7.08. The summed E-state index contributed by atoms with van der Waals surface area (Å²) >= 11 is 6.57. The molecule has 0 spiro atoms. The van der Waals surface area contributed by atoms with Gasteiger partial charge in [-0.1, -0.05) is 30.4 Å². The van der Waals surface area contributed by atoms with Crippen molar-refractivity contribution in [1.29, 1.82) is 0 Å². The Hall–Kier alpha value is -1.07. The second kappa shape index (κ2) is 7.29. The Morgan fingerprint density at radius 1 is 1.53 bits per heavy atom. The Balaban J connectivity index is 2.49. The maximum atomic E-state index is 11.4. The number of benzene rings is 1. The largest absolute Gasteiger partial charge is 0.389 e. The Labute approximate surface area is 111 Å². The summed E-state index contributed by atoms with van der Waals surface area (Å²) in [4.78, 5) is 11.8. The van der Waals surface area contributed by atoms with Gasteiger partial charge in [-0.2, -0.15) is 11.8 Å². The molecule has 1 amide bonds. The van der Waals surface area contributed by atoms with E-state index in [4.69, 9.17) is 18.0 Å². The lowest BCUT2D eigenvalue weighted by Gasteiger charge is -2.06. The summed E-state index contributed by atoms with van der Waals surface area (Å²) in [5, 5.41) is 2.86. The van der Waals surface area contributed by atoms with Gasteiger partial charge in [-0.15, -0.1) is 0 Å². The molecule has 0 fully saturated rings. The Morgan fingerprint density at radius 2 is 2.29 bits per heavy atom. The SMILES string of the molecule is CSCCC(=O)NCc1cccc(C(N)=S)c1. The lowest BCUT2D eigenvalue weighted by atomic mass is 10.1. The summed E-state index contributed by atoms with van der Waals surface area (Å²) in [6.07, 6.45) is 2.54. The quantitative estimate of drug-likeness (QED) is 0.771. The fourth-order valence-corrected chi connectivity index (χ4v) is 1.83. The van der Waals surface area contributed by atoms with Crippen molar-refractivity contribution in [2.45, 2.75) is 13.0 Å². The number of carbonyl (C=O) groups excluding carboxylic acids is 1. The fraction of sp³-hybridized carbons (Fsp3) is 0.333. The van der Waals surface area contributed by atoms with E-state index in [1.807, 2.05) is 30.5 Å². The zero-order chi connectivity index (χ0) is 12.7. The number of thiocarbonyl (C=S) groups is 1. The Morgan fingerprint density at radius 3 is 2.94 bits per heavy atom. The average molecular weight is 268 g/mol. The second-order valence-corrected chi connectivity index (χ2v) is 5.01. The van der Waals surface area contributed by atoms with Crippen molar-refractivity contribution in [1.82, 2.24) is 5.32 Å². The van der Waals surface area contributed by atoms with Gasteiger partial charge < -0.3 is 11.1 Å². The van der Waals surface area contributed by atoms with Crippen molar-refractivity contribution in [2.75, 3.05) is 12.0 Å². The predicted molar refractivity (Wildman–Crippen MR) is 77.2 cm³/mol. The van der Waals surface area contributed by atoms with E-state index in [0.717, 1.165) is 16.9 Å². The summed E-state index contributed by atoms with van der Waals surface area (Å²) in [5.74, 6) is 0.916. The molecule has 0 atom stereocenters. The molecule has 17 heavy (non-hydrogen) atoms. The third-order valence-corrected chi connectivity index (χ3v) is 3.08. The Bertz CT molecular complexity index is 407. The molecule has 1 rings (SSSR count). The highest BCUT2D eigenvalue weighted by atomic mass is 32.2. The van der Waals surface area contributed by atoms with Crippen LogP contribution < -0.4 is 11.1 Å². The number of hydrogen-bond donors (Lipinski definition) is 2. The lowest BCUT2D eigenvalue weighted by molar-refractivity contribution is -0.120. The number of nitrogens with two attached hydrogens (primary N) is 1. The molecule has 0 heterocycles. The average Bonchev–Trinajstić information content (AvgIpc) is 2.34. The van der Waals surface area contributed by atoms with E-state index in [9.17, 15) is 4.79 Å². The van der Waals surface area contributed by atoms with Crippen LogP contribution in [-0.2, 0) is 11.3 Å². The zero-order valence-electron chi connectivity index (χ0n) is 9.73. The molecule has 0 aliphatic rings. The number of carbonyl (C=O) groups is 1. The van der Waals surface area contributed by atoms with E-state index in [2.05, 4.69) is 5.32 Å². The maximum absolute atomic E-state index is 11.4. The van der Waals surface area contributed by atoms with Gasteiger partial charge in [-0.3, -0.25) is 4.79 Å². The highest BCUT2D eigenvalue weighted by Gasteiger charge is 2.02. The fourth-order valence-electron chi connectivity index (χ4n) is 1.32. The molecule has 3 nitrogen and oxygen atoms in total. The van der Waals surface area contributed by atoms with Gasteiger partial charge >= 0.3 is 0 Å². The molecule has 5 heteroatoms. The number of amides is 1. The van der Waals surface area contributed by atoms with Crippen molar-refractivity contribution in [3.05, 3.63) is 35.4 Å². The monoisotopic (exact) mass is 268 g/mol. The molecule has 0 saturated heterocycles. The van der Waals surface area contributed by atoms with Crippen molar-refractivity contribution in [3.8, 4) is 0 Å². The minimum Gasteiger partial charge on any atom is -0.389 e. The van der Waals surface area contributed by atoms with Crippen LogP contribution in [-0.4, -0.2) is 22.9 Å². The summed E-state index contributed by atoms with van der Waals surface area (Å²) in [7, 11) is 0. The molecule has 0 aliphatic heterocycles.